The van der Waals surface area contributed by atoms with Crippen LogP contribution in [0.3, 0.4) is 0 Å². The fraction of sp³-hybridized carbons (Fsp3) is 0.761. The number of ether oxygens (including phenoxy) is 3. The summed E-state index contributed by atoms with van der Waals surface area (Å²) in [5.74, 6) is -15.6. The Hall–Kier alpha value is -8.25. The summed E-state index contributed by atoms with van der Waals surface area (Å²) < 4.78 is 17.2. The first-order valence-corrected chi connectivity index (χ1v) is 42.5. The van der Waals surface area contributed by atoms with Crippen LogP contribution < -0.4 is 16.0 Å². The topological polar surface area (TPSA) is 383 Å². The van der Waals surface area contributed by atoms with E-state index in [1.807, 2.05) is 68.4 Å². The molecule has 4 aliphatic carbocycles. The maximum atomic E-state index is 15.9. The van der Waals surface area contributed by atoms with Crippen molar-refractivity contribution in [2.75, 3.05) is 75.7 Å². The SMILES string of the molecule is C/C=C/C[C@@H](C)[C@@H](OC(=O)COCC(=O)OCC(=O)[C@@]1(O)CCC2C3CCC4=CC(=O)C=C[C@]4(C)C3[C@@H](O)C[C@@]21C)C1C(=O)NC(CC)C(=O)N(C)CC(=O)N(C)[C@@H](CC(C)C)C(=O)NC(C(C)C)C(=O)N(C)C(CC(C)C)C(=O)CC(C)C(=O)NC(C)C(=O)N(C)C(CC(C)C)C(=O)N(C)C(CC(C)C)C(=O)N(C)C(C(C)C)C(=O)N1C. The van der Waals surface area contributed by atoms with Gasteiger partial charge >= 0.3 is 11.9 Å². The molecule has 4 fully saturated rings. The van der Waals surface area contributed by atoms with Gasteiger partial charge < -0.3 is 74.7 Å². The highest BCUT2D eigenvalue weighted by Crippen LogP contribution is 2.67. The number of hydrogen-bond acceptors (Lipinski definition) is 20. The number of nitrogens with one attached hydrogen (secondary N) is 3. The number of amides is 10. The standard InChI is InChI=1S/C88H142N10O20/c1-27-29-30-54(15)76(118-71(105)47-116-46-70(104)117-45-68(102)88(115)36-34-60-59-32-31-57-42-58(99)33-35-86(57,18)72(59)67(101)43-87(60,88)19)75-79(108)90-61(28-2)81(110)92(20)44-69(103)93(21)63(38-49(5)6)78(107)91-73(52(11)12)84(113)94(22)62(37-48(3)4)66(100)41-55(16)77(106)89-56(17)80(109)95(23)64(39-50(7)8)82(111)96(24)65(40-51(9)10)83(112)97(25)74(53(13)14)85(114)98(75)26/h27,29,33,35,42,48-56,59-65,67,72-76,101,115H,28,30-32,34,36-41,43-47H2,1-26H3,(H,89,106)(H,90,108)(H,91,107)/b29-27+/t54-,55?,56?,59?,60?,61?,62?,63+,64?,65?,67+,72?,73?,74?,75?,76-,86+,87+,88+/m1/s1. The normalized spacial score (nSPS) is 31.2. The van der Waals surface area contributed by atoms with Crippen LogP contribution in [0.15, 0.2) is 36.0 Å². The Morgan fingerprint density at radius 2 is 1.14 bits per heavy atom. The number of nitrogens with zero attached hydrogens (tertiary/aromatic N) is 7. The van der Waals surface area contributed by atoms with Crippen molar-refractivity contribution in [3.63, 3.8) is 0 Å². The Kier molecular flexibility index (Phi) is 36.4. The first-order chi connectivity index (χ1) is 54.8. The van der Waals surface area contributed by atoms with Crippen LogP contribution in [0.5, 0.6) is 0 Å². The zero-order valence-electron chi connectivity index (χ0n) is 75.3. The highest BCUT2D eigenvalue weighted by molar-refractivity contribution is 6.02. The molecule has 10 amide bonds. The summed E-state index contributed by atoms with van der Waals surface area (Å²) in [6.07, 6.45) is 7.79. The van der Waals surface area contributed by atoms with Crippen molar-refractivity contribution in [3.8, 4) is 0 Å². The molecule has 1 heterocycles. The minimum Gasteiger partial charge on any atom is -0.458 e. The van der Waals surface area contributed by atoms with Crippen molar-refractivity contribution in [1.82, 2.24) is 50.2 Å². The van der Waals surface area contributed by atoms with Crippen molar-refractivity contribution in [3.05, 3.63) is 36.0 Å². The Balaban J connectivity index is 1.57. The van der Waals surface area contributed by atoms with E-state index in [2.05, 4.69) is 16.0 Å². The second kappa shape index (κ2) is 42.8. The van der Waals surface area contributed by atoms with Gasteiger partial charge in [0.05, 0.1) is 18.7 Å². The van der Waals surface area contributed by atoms with Crippen LogP contribution in [0.1, 0.15) is 209 Å². The molecule has 5 aliphatic rings. The van der Waals surface area contributed by atoms with Crippen molar-refractivity contribution < 1.29 is 96.3 Å². The van der Waals surface area contributed by atoms with E-state index in [-0.39, 0.29) is 105 Å². The summed E-state index contributed by atoms with van der Waals surface area (Å²) in [4.78, 5) is 228. The predicted molar refractivity (Wildman–Crippen MR) is 443 cm³/mol. The number of esters is 2. The molecule has 1 saturated heterocycles. The number of aliphatic hydroxyl groups is 2. The number of ketones is 3. The van der Waals surface area contributed by atoms with Gasteiger partial charge in [-0.1, -0.05) is 142 Å². The number of rotatable bonds is 23. The van der Waals surface area contributed by atoms with Crippen LogP contribution in [-0.2, 0) is 86.1 Å². The summed E-state index contributed by atoms with van der Waals surface area (Å²) in [7, 11) is 9.65. The lowest BCUT2D eigenvalue weighted by Gasteiger charge is -2.59. The summed E-state index contributed by atoms with van der Waals surface area (Å²) in [6, 6.07) is -12.0. The van der Waals surface area contributed by atoms with Crippen LogP contribution in [0.2, 0.25) is 0 Å². The molecule has 664 valence electrons. The van der Waals surface area contributed by atoms with E-state index < -0.39 is 216 Å². The van der Waals surface area contributed by atoms with Gasteiger partial charge in [-0.3, -0.25) is 62.3 Å². The molecular weight excluding hydrogens is 1520 g/mol. The van der Waals surface area contributed by atoms with Gasteiger partial charge in [0.25, 0.3) is 0 Å². The first kappa shape index (κ1) is 100. The minimum absolute atomic E-state index is 0.0470. The molecular formula is C88H142N10O20. The van der Waals surface area contributed by atoms with Gasteiger partial charge in [0, 0.05) is 78.4 Å². The molecule has 1 aliphatic heterocycles. The number of carbonyl (C=O) groups is 15. The quantitative estimate of drug-likeness (QED) is 0.0574. The van der Waals surface area contributed by atoms with Crippen LogP contribution in [0.4, 0.5) is 0 Å². The van der Waals surface area contributed by atoms with Gasteiger partial charge in [-0.2, -0.15) is 0 Å². The summed E-state index contributed by atoms with van der Waals surface area (Å²) >= 11 is 0. The molecule has 30 nitrogen and oxygen atoms in total. The van der Waals surface area contributed by atoms with Crippen LogP contribution in [0, 0.1) is 75.9 Å². The average Bonchev–Trinajstić information content (AvgIpc) is 1.47. The van der Waals surface area contributed by atoms with E-state index >= 15 is 19.2 Å². The fourth-order valence-corrected chi connectivity index (χ4v) is 18.6. The van der Waals surface area contributed by atoms with Crippen molar-refractivity contribution in [2.24, 2.45) is 75.9 Å². The molecule has 19 atom stereocenters. The molecule has 3 saturated carbocycles. The Bertz CT molecular complexity index is 3740. The third kappa shape index (κ3) is 23.7. The fourth-order valence-electron chi connectivity index (χ4n) is 18.6. The predicted octanol–water partition coefficient (Wildman–Crippen LogP) is 6.05. The number of hydrogen-bond donors (Lipinski definition) is 5. The molecule has 5 N–H and O–H groups in total. The van der Waals surface area contributed by atoms with Crippen molar-refractivity contribution in [1.29, 1.82) is 0 Å². The van der Waals surface area contributed by atoms with Gasteiger partial charge in [-0.15, -0.1) is 0 Å². The van der Waals surface area contributed by atoms with Crippen LogP contribution in [0.25, 0.3) is 0 Å². The van der Waals surface area contributed by atoms with Gasteiger partial charge in [-0.05, 0) is 150 Å². The molecule has 30 heteroatoms. The third-order valence-electron chi connectivity index (χ3n) is 25.5. The lowest BCUT2D eigenvalue weighted by molar-refractivity contribution is -0.182. The maximum absolute atomic E-state index is 15.9. The van der Waals surface area contributed by atoms with E-state index in [9.17, 15) is 63.0 Å². The molecule has 0 aromatic rings. The van der Waals surface area contributed by atoms with E-state index in [4.69, 9.17) is 14.2 Å². The largest absolute Gasteiger partial charge is 0.458 e. The lowest BCUT2D eigenvalue weighted by atomic mass is 9.46. The van der Waals surface area contributed by atoms with Crippen molar-refractivity contribution >= 4 is 88.4 Å². The Labute approximate surface area is 700 Å². The third-order valence-corrected chi connectivity index (χ3v) is 25.5. The van der Waals surface area contributed by atoms with Crippen LogP contribution in [-0.4, -0.2) is 281 Å². The van der Waals surface area contributed by atoms with Gasteiger partial charge in [0.15, 0.2) is 18.2 Å². The molecule has 118 heavy (non-hydrogen) atoms. The van der Waals surface area contributed by atoms with E-state index in [0.717, 1.165) is 15.4 Å². The number of fused-ring (bicyclic) bond motifs is 5. The molecule has 0 spiro atoms. The minimum atomic E-state index is -1.99. The number of carbonyl (C=O) groups excluding carboxylic acids is 15. The van der Waals surface area contributed by atoms with E-state index in [1.165, 1.54) is 93.8 Å². The van der Waals surface area contributed by atoms with E-state index in [1.54, 1.807) is 73.6 Å². The van der Waals surface area contributed by atoms with Crippen molar-refractivity contribution in [2.45, 2.75) is 281 Å². The molecule has 0 aromatic carbocycles. The number of aliphatic hydroxyl groups excluding tert-OH is 1. The van der Waals surface area contributed by atoms with Gasteiger partial charge in [0.1, 0.15) is 73.3 Å². The molecule has 0 radical (unpaired) electrons. The second-order valence-electron chi connectivity index (χ2n) is 37.1. The molecule has 0 bridgehead atoms. The zero-order valence-corrected chi connectivity index (χ0v) is 75.3. The highest BCUT2D eigenvalue weighted by atomic mass is 16.6. The highest BCUT2D eigenvalue weighted by Gasteiger charge is 2.68. The maximum Gasteiger partial charge on any atom is 0.332 e. The van der Waals surface area contributed by atoms with Gasteiger partial charge in [-0.25, -0.2) is 9.59 Å². The number of Topliss-reactive ketones (excluding diaryl/α,β-unsaturated/α-hetero) is 2. The number of allylic oxidation sites excluding steroid dienone is 6. The Morgan fingerprint density at radius 3 is 1.69 bits per heavy atom. The lowest BCUT2D eigenvalue weighted by Crippen LogP contribution is -2.64. The Morgan fingerprint density at radius 1 is 0.602 bits per heavy atom. The summed E-state index contributed by atoms with van der Waals surface area (Å²) in [6.45, 7) is 29.9. The number of likely N-dealkylation sites (N-methyl/N-ethyl adjacent to an activating group) is 7. The van der Waals surface area contributed by atoms with Gasteiger partial charge in [0.2, 0.25) is 64.9 Å². The molecule has 5 rings (SSSR count). The first-order valence-electron chi connectivity index (χ1n) is 42.5. The van der Waals surface area contributed by atoms with Crippen LogP contribution >= 0.6 is 0 Å². The summed E-state index contributed by atoms with van der Waals surface area (Å²) in [5, 5.41) is 32.7. The molecule has 0 aromatic heterocycles. The zero-order chi connectivity index (χ0) is 89.6. The smallest absolute Gasteiger partial charge is 0.332 e. The second-order valence-corrected chi connectivity index (χ2v) is 37.1. The van der Waals surface area contributed by atoms with E-state index in [0.29, 0.717) is 19.3 Å². The molecule has 12 unspecified atom stereocenters. The monoisotopic (exact) mass is 1660 g/mol. The average molecular weight is 1660 g/mol. The summed E-state index contributed by atoms with van der Waals surface area (Å²) in [5.41, 5.74) is -2.74.